The zero-order valence-corrected chi connectivity index (χ0v) is 19.1. The van der Waals surface area contributed by atoms with E-state index in [2.05, 4.69) is 30.7 Å². The fourth-order valence-electron chi connectivity index (χ4n) is 3.21. The molecule has 0 aliphatic carbocycles. The average Bonchev–Trinajstić information content (AvgIpc) is 2.75. The Morgan fingerprint density at radius 3 is 2.23 bits per heavy atom. The van der Waals surface area contributed by atoms with Crippen LogP contribution in [0.25, 0.3) is 0 Å². The number of carbonyl (C=O) groups is 1. The molecule has 0 heterocycles. The van der Waals surface area contributed by atoms with Gasteiger partial charge in [-0.05, 0) is 54.3 Å². The minimum atomic E-state index is -3.80. The largest absolute Gasteiger partial charge is 0.337 e. The Morgan fingerprint density at radius 1 is 0.968 bits per heavy atom. The van der Waals surface area contributed by atoms with Crippen LogP contribution >= 0.6 is 0 Å². The molecule has 0 spiro atoms. The van der Waals surface area contributed by atoms with Crippen molar-refractivity contribution in [1.82, 2.24) is 4.90 Å². The first kappa shape index (κ1) is 22.6. The number of nitrogens with zero attached hydrogens (tertiary/aromatic N) is 1. The van der Waals surface area contributed by atoms with Crippen molar-refractivity contribution in [3.63, 3.8) is 0 Å². The van der Waals surface area contributed by atoms with Crippen LogP contribution in [0.3, 0.4) is 0 Å². The molecule has 0 unspecified atom stereocenters. The Morgan fingerprint density at radius 2 is 1.61 bits per heavy atom. The number of rotatable bonds is 7. The highest BCUT2D eigenvalue weighted by atomic mass is 32.2. The van der Waals surface area contributed by atoms with Gasteiger partial charge in [0.1, 0.15) is 0 Å². The van der Waals surface area contributed by atoms with E-state index in [9.17, 15) is 13.2 Å². The van der Waals surface area contributed by atoms with Crippen LogP contribution in [0.4, 0.5) is 5.69 Å². The topological polar surface area (TPSA) is 66.5 Å². The Balaban J connectivity index is 1.74. The lowest BCUT2D eigenvalue weighted by Gasteiger charge is -2.18. The monoisotopic (exact) mass is 436 g/mol. The van der Waals surface area contributed by atoms with E-state index in [-0.39, 0.29) is 10.8 Å². The van der Waals surface area contributed by atoms with Crippen LogP contribution in [0.2, 0.25) is 0 Å². The summed E-state index contributed by atoms with van der Waals surface area (Å²) in [5.41, 5.74) is 4.11. The summed E-state index contributed by atoms with van der Waals surface area (Å²) in [6.45, 7) is 6.65. The molecule has 0 aliphatic rings. The SMILES string of the molecule is Cc1ccc(NS(=O)(=O)c2cccc(C(=O)N(C)Cc3ccc(C(C)C)cc3)c2)cc1. The molecule has 0 fully saturated rings. The minimum Gasteiger partial charge on any atom is -0.337 e. The van der Waals surface area contributed by atoms with Gasteiger partial charge in [0.25, 0.3) is 15.9 Å². The van der Waals surface area contributed by atoms with Gasteiger partial charge >= 0.3 is 0 Å². The molecule has 0 saturated carbocycles. The molecular weight excluding hydrogens is 408 g/mol. The lowest BCUT2D eigenvalue weighted by atomic mass is 10.0. The number of aryl methyl sites for hydroxylation is 1. The van der Waals surface area contributed by atoms with Gasteiger partial charge in [-0.15, -0.1) is 0 Å². The quantitative estimate of drug-likeness (QED) is 0.554. The highest BCUT2D eigenvalue weighted by molar-refractivity contribution is 7.92. The number of benzene rings is 3. The molecule has 3 aromatic rings. The number of carbonyl (C=O) groups excluding carboxylic acids is 1. The molecule has 6 heteroatoms. The van der Waals surface area contributed by atoms with Crippen LogP contribution in [0.5, 0.6) is 0 Å². The second-order valence-corrected chi connectivity index (χ2v) is 9.74. The van der Waals surface area contributed by atoms with E-state index in [0.29, 0.717) is 23.7 Å². The predicted octanol–water partition coefficient (Wildman–Crippen LogP) is 5.19. The second-order valence-electron chi connectivity index (χ2n) is 8.06. The Labute approximate surface area is 184 Å². The second kappa shape index (κ2) is 9.35. The van der Waals surface area contributed by atoms with Gasteiger partial charge in [0.2, 0.25) is 0 Å². The van der Waals surface area contributed by atoms with Crippen LogP contribution in [0.15, 0.2) is 77.7 Å². The number of amides is 1. The van der Waals surface area contributed by atoms with E-state index < -0.39 is 10.0 Å². The smallest absolute Gasteiger partial charge is 0.261 e. The highest BCUT2D eigenvalue weighted by Gasteiger charge is 2.18. The first-order valence-corrected chi connectivity index (χ1v) is 11.7. The van der Waals surface area contributed by atoms with Gasteiger partial charge in [0.15, 0.2) is 0 Å². The minimum absolute atomic E-state index is 0.0496. The van der Waals surface area contributed by atoms with Gasteiger partial charge in [-0.2, -0.15) is 0 Å². The maximum absolute atomic E-state index is 12.9. The molecular formula is C25H28N2O3S. The highest BCUT2D eigenvalue weighted by Crippen LogP contribution is 2.19. The molecule has 0 radical (unpaired) electrons. The number of nitrogens with one attached hydrogen (secondary N) is 1. The maximum atomic E-state index is 12.9. The van der Waals surface area contributed by atoms with Crippen molar-refractivity contribution in [2.45, 2.75) is 38.1 Å². The molecule has 3 rings (SSSR count). The van der Waals surface area contributed by atoms with Crippen LogP contribution in [-0.2, 0) is 16.6 Å². The third-order valence-electron chi connectivity index (χ3n) is 5.11. The summed E-state index contributed by atoms with van der Waals surface area (Å²) in [4.78, 5) is 14.5. The first-order valence-electron chi connectivity index (χ1n) is 10.2. The average molecular weight is 437 g/mol. The normalized spacial score (nSPS) is 11.4. The molecule has 1 amide bonds. The van der Waals surface area contributed by atoms with Gasteiger partial charge in [-0.3, -0.25) is 9.52 Å². The fraction of sp³-hybridized carbons (Fsp3) is 0.240. The van der Waals surface area contributed by atoms with E-state index in [4.69, 9.17) is 0 Å². The molecule has 0 saturated heterocycles. The number of hydrogen-bond donors (Lipinski definition) is 1. The fourth-order valence-corrected chi connectivity index (χ4v) is 4.31. The number of hydrogen-bond acceptors (Lipinski definition) is 3. The maximum Gasteiger partial charge on any atom is 0.261 e. The Bertz CT molecular complexity index is 1150. The van der Waals surface area contributed by atoms with Crippen molar-refractivity contribution >= 4 is 21.6 Å². The third kappa shape index (κ3) is 5.73. The summed E-state index contributed by atoms with van der Waals surface area (Å²) < 4.78 is 28.1. The molecule has 0 aliphatic heterocycles. The molecule has 31 heavy (non-hydrogen) atoms. The summed E-state index contributed by atoms with van der Waals surface area (Å²) in [7, 11) is -2.09. The summed E-state index contributed by atoms with van der Waals surface area (Å²) in [5, 5.41) is 0. The zero-order valence-electron chi connectivity index (χ0n) is 18.3. The number of anilines is 1. The molecule has 5 nitrogen and oxygen atoms in total. The van der Waals surface area contributed by atoms with Gasteiger partial charge in [-0.1, -0.05) is 61.9 Å². The van der Waals surface area contributed by atoms with Crippen molar-refractivity contribution < 1.29 is 13.2 Å². The molecule has 0 bridgehead atoms. The van der Waals surface area contributed by atoms with Gasteiger partial charge < -0.3 is 4.90 Å². The van der Waals surface area contributed by atoms with E-state index in [1.165, 1.54) is 17.7 Å². The van der Waals surface area contributed by atoms with Crippen LogP contribution in [-0.4, -0.2) is 26.3 Å². The first-order chi connectivity index (χ1) is 14.7. The van der Waals surface area contributed by atoms with Crippen LogP contribution < -0.4 is 4.72 Å². The number of sulfonamides is 1. The molecule has 162 valence electrons. The van der Waals surface area contributed by atoms with E-state index in [0.717, 1.165) is 11.1 Å². The van der Waals surface area contributed by atoms with Crippen molar-refractivity contribution in [3.8, 4) is 0 Å². The molecule has 3 aromatic carbocycles. The van der Waals surface area contributed by atoms with Crippen molar-refractivity contribution in [2.24, 2.45) is 0 Å². The Hall–Kier alpha value is -3.12. The molecule has 0 atom stereocenters. The summed E-state index contributed by atoms with van der Waals surface area (Å²) >= 11 is 0. The van der Waals surface area contributed by atoms with Gasteiger partial charge in [-0.25, -0.2) is 8.42 Å². The summed E-state index contributed by atoms with van der Waals surface area (Å²) in [6.07, 6.45) is 0. The van der Waals surface area contributed by atoms with Crippen molar-refractivity contribution in [3.05, 3.63) is 95.1 Å². The summed E-state index contributed by atoms with van der Waals surface area (Å²) in [5.74, 6) is 0.215. The van der Waals surface area contributed by atoms with Crippen molar-refractivity contribution in [2.75, 3.05) is 11.8 Å². The summed E-state index contributed by atoms with van der Waals surface area (Å²) in [6, 6.07) is 21.4. The molecule has 1 N–H and O–H groups in total. The lowest BCUT2D eigenvalue weighted by molar-refractivity contribution is 0.0785. The van der Waals surface area contributed by atoms with Crippen LogP contribution in [0, 0.1) is 6.92 Å². The Kier molecular flexibility index (Phi) is 6.81. The standard InChI is InChI=1S/C25H28N2O3S/c1-18(2)21-12-10-20(11-13-21)17-27(4)25(28)22-6-5-7-24(16-22)31(29,30)26-23-14-8-19(3)9-15-23/h5-16,18,26H,17H2,1-4H3. The van der Waals surface area contributed by atoms with Crippen LogP contribution in [0.1, 0.15) is 46.8 Å². The third-order valence-corrected chi connectivity index (χ3v) is 6.49. The van der Waals surface area contributed by atoms with E-state index in [1.54, 1.807) is 36.2 Å². The predicted molar refractivity (Wildman–Crippen MR) is 125 cm³/mol. The lowest BCUT2D eigenvalue weighted by Crippen LogP contribution is -2.26. The zero-order chi connectivity index (χ0) is 22.6. The van der Waals surface area contributed by atoms with E-state index in [1.807, 2.05) is 31.2 Å². The van der Waals surface area contributed by atoms with Gasteiger partial charge in [0.05, 0.1) is 4.90 Å². The van der Waals surface area contributed by atoms with E-state index >= 15 is 0 Å². The van der Waals surface area contributed by atoms with Crippen molar-refractivity contribution in [1.29, 1.82) is 0 Å². The molecule has 0 aromatic heterocycles. The van der Waals surface area contributed by atoms with Gasteiger partial charge in [0, 0.05) is 24.8 Å².